The summed E-state index contributed by atoms with van der Waals surface area (Å²) in [6, 6.07) is -1.04. The number of fused-ring (bicyclic) bond motifs is 1. The molecule has 7 nitrogen and oxygen atoms in total. The number of carbonyl (C=O) groups is 3. The summed E-state index contributed by atoms with van der Waals surface area (Å²) >= 11 is 0. The quantitative estimate of drug-likeness (QED) is 0.694. The maximum Gasteiger partial charge on any atom is 0.327 e. The summed E-state index contributed by atoms with van der Waals surface area (Å²) < 4.78 is 5.26. The van der Waals surface area contributed by atoms with Crippen LogP contribution in [0.25, 0.3) is 0 Å². The molecule has 3 aliphatic rings. The molecule has 0 bridgehead atoms. The highest BCUT2D eigenvalue weighted by Gasteiger charge is 2.54. The number of hydrogen-bond acceptors (Lipinski definition) is 4. The molecule has 0 N–H and O–H groups in total. The molecule has 7 heteroatoms. The van der Waals surface area contributed by atoms with E-state index in [1.54, 1.807) is 16.9 Å². The van der Waals surface area contributed by atoms with E-state index >= 15 is 0 Å². The summed E-state index contributed by atoms with van der Waals surface area (Å²) in [4.78, 5) is 42.0. The average Bonchev–Trinajstić information content (AvgIpc) is 3.06. The van der Waals surface area contributed by atoms with E-state index in [0.717, 1.165) is 0 Å². The second-order valence-electron chi connectivity index (χ2n) is 7.29. The average molecular weight is 309 g/mol. The zero-order valence-electron chi connectivity index (χ0n) is 13.5. The molecule has 122 valence electrons. The van der Waals surface area contributed by atoms with Crippen LogP contribution in [0.4, 0.5) is 4.79 Å². The van der Waals surface area contributed by atoms with Crippen molar-refractivity contribution in [3.8, 4) is 0 Å². The Morgan fingerprint density at radius 1 is 1.14 bits per heavy atom. The van der Waals surface area contributed by atoms with Crippen LogP contribution in [0.3, 0.4) is 0 Å². The number of likely N-dealkylation sites (tertiary alicyclic amines) is 1. The monoisotopic (exact) mass is 309 g/mol. The molecule has 0 aromatic rings. The van der Waals surface area contributed by atoms with Crippen molar-refractivity contribution in [3.63, 3.8) is 0 Å². The number of rotatable bonds is 2. The number of nitrogens with zero attached hydrogens (tertiary/aromatic N) is 3. The minimum Gasteiger partial charge on any atom is -0.380 e. The van der Waals surface area contributed by atoms with Gasteiger partial charge in [-0.3, -0.25) is 14.5 Å². The third-order valence-electron chi connectivity index (χ3n) is 4.85. The third kappa shape index (κ3) is 2.18. The van der Waals surface area contributed by atoms with Crippen LogP contribution in [-0.2, 0) is 14.3 Å². The zero-order chi connectivity index (χ0) is 16.2. The molecule has 3 saturated heterocycles. The summed E-state index contributed by atoms with van der Waals surface area (Å²) in [6.45, 7) is 6.76. The molecule has 3 atom stereocenters. The lowest BCUT2D eigenvalue weighted by Gasteiger charge is -2.32. The fraction of sp³-hybridized carbons (Fsp3) is 0.800. The van der Waals surface area contributed by atoms with Gasteiger partial charge in [0.2, 0.25) is 5.91 Å². The van der Waals surface area contributed by atoms with Crippen molar-refractivity contribution in [1.29, 1.82) is 0 Å². The van der Waals surface area contributed by atoms with Gasteiger partial charge < -0.3 is 14.5 Å². The lowest BCUT2D eigenvalue weighted by molar-refractivity contribution is -0.131. The Morgan fingerprint density at radius 2 is 1.82 bits per heavy atom. The van der Waals surface area contributed by atoms with E-state index in [4.69, 9.17) is 4.74 Å². The van der Waals surface area contributed by atoms with Crippen molar-refractivity contribution < 1.29 is 19.1 Å². The summed E-state index contributed by atoms with van der Waals surface area (Å²) in [5, 5.41) is 0. The number of urea groups is 1. The number of imide groups is 1. The number of methoxy groups -OCH3 is 1. The normalized spacial score (nSPS) is 32.5. The van der Waals surface area contributed by atoms with E-state index in [0.29, 0.717) is 19.5 Å². The van der Waals surface area contributed by atoms with Crippen molar-refractivity contribution in [1.82, 2.24) is 14.7 Å². The molecule has 4 amide bonds. The topological polar surface area (TPSA) is 70.2 Å². The molecule has 0 aromatic heterocycles. The SMILES string of the molecule is CO[C@@H]1C[C@@H]2C(=O)N([C@H]3CC(=O)N(C(C)(C)C)C3)C(=O)N2C1. The molecular weight excluding hydrogens is 286 g/mol. The van der Waals surface area contributed by atoms with Crippen LogP contribution in [0, 0.1) is 0 Å². The molecule has 3 rings (SSSR count). The second-order valence-corrected chi connectivity index (χ2v) is 7.29. The number of hydrogen-bond donors (Lipinski definition) is 0. The Hall–Kier alpha value is -1.63. The van der Waals surface area contributed by atoms with Gasteiger partial charge in [-0.05, 0) is 20.8 Å². The van der Waals surface area contributed by atoms with E-state index < -0.39 is 6.04 Å². The lowest BCUT2D eigenvalue weighted by atomic mass is 10.1. The molecule has 3 heterocycles. The summed E-state index contributed by atoms with van der Waals surface area (Å²) in [7, 11) is 1.59. The maximum atomic E-state index is 12.6. The number of carbonyl (C=O) groups excluding carboxylic acids is 3. The van der Waals surface area contributed by atoms with Crippen molar-refractivity contribution >= 4 is 17.8 Å². The molecule has 0 aliphatic carbocycles. The molecule has 0 radical (unpaired) electrons. The number of amides is 4. The van der Waals surface area contributed by atoms with E-state index in [-0.39, 0.29) is 42.0 Å². The Balaban J connectivity index is 1.76. The van der Waals surface area contributed by atoms with Gasteiger partial charge in [-0.2, -0.15) is 0 Å². The van der Waals surface area contributed by atoms with Crippen LogP contribution in [0.15, 0.2) is 0 Å². The first-order chi connectivity index (χ1) is 10.2. The predicted molar refractivity (Wildman–Crippen MR) is 78.0 cm³/mol. The van der Waals surface area contributed by atoms with Crippen molar-refractivity contribution in [2.75, 3.05) is 20.2 Å². The standard InChI is InChI=1S/C15H23N3O4/c1-15(2,3)17-7-9(5-12(17)19)18-13(20)11-6-10(22-4)8-16(11)14(18)21/h9-11H,5-8H2,1-4H3/t9-,10+,11+/m0/s1. The summed E-state index contributed by atoms with van der Waals surface area (Å²) in [6.07, 6.45) is 0.695. The van der Waals surface area contributed by atoms with Gasteiger partial charge in [-0.25, -0.2) is 4.79 Å². The largest absolute Gasteiger partial charge is 0.380 e. The minimum atomic E-state index is -0.420. The van der Waals surface area contributed by atoms with Crippen molar-refractivity contribution in [2.24, 2.45) is 0 Å². The Morgan fingerprint density at radius 3 is 2.32 bits per heavy atom. The van der Waals surface area contributed by atoms with Gasteiger partial charge >= 0.3 is 6.03 Å². The highest BCUT2D eigenvalue weighted by atomic mass is 16.5. The van der Waals surface area contributed by atoms with Gasteiger partial charge in [-0.1, -0.05) is 0 Å². The molecule has 0 aromatic carbocycles. The molecule has 0 unspecified atom stereocenters. The first-order valence-corrected chi connectivity index (χ1v) is 7.71. The first-order valence-electron chi connectivity index (χ1n) is 7.71. The fourth-order valence-corrected chi connectivity index (χ4v) is 3.65. The Labute approximate surface area is 130 Å². The van der Waals surface area contributed by atoms with E-state index in [1.165, 1.54) is 4.90 Å². The molecule has 22 heavy (non-hydrogen) atoms. The van der Waals surface area contributed by atoms with Crippen LogP contribution in [0.5, 0.6) is 0 Å². The van der Waals surface area contributed by atoms with Crippen LogP contribution in [-0.4, -0.2) is 76.5 Å². The highest BCUT2D eigenvalue weighted by Crippen LogP contribution is 2.33. The predicted octanol–water partition coefficient (Wildman–Crippen LogP) is 0.437. The van der Waals surface area contributed by atoms with E-state index in [9.17, 15) is 14.4 Å². The van der Waals surface area contributed by atoms with Gasteiger partial charge in [0.25, 0.3) is 5.91 Å². The Kier molecular flexibility index (Phi) is 3.43. The van der Waals surface area contributed by atoms with Gasteiger partial charge in [0.1, 0.15) is 6.04 Å². The fourth-order valence-electron chi connectivity index (χ4n) is 3.65. The molecule has 0 saturated carbocycles. The van der Waals surface area contributed by atoms with Gasteiger partial charge in [0.05, 0.1) is 12.1 Å². The lowest BCUT2D eigenvalue weighted by Crippen LogP contribution is -2.47. The van der Waals surface area contributed by atoms with Gasteiger partial charge in [0, 0.05) is 38.6 Å². The first kappa shape index (κ1) is 15.3. The van der Waals surface area contributed by atoms with Crippen LogP contribution < -0.4 is 0 Å². The molecule has 3 fully saturated rings. The number of ether oxygens (including phenoxy) is 1. The minimum absolute atomic E-state index is 0.0000671. The van der Waals surface area contributed by atoms with Crippen LogP contribution >= 0.6 is 0 Å². The maximum absolute atomic E-state index is 12.6. The second kappa shape index (κ2) is 4.94. The van der Waals surface area contributed by atoms with Crippen LogP contribution in [0.1, 0.15) is 33.6 Å². The summed E-state index contributed by atoms with van der Waals surface area (Å²) in [5.41, 5.74) is -0.297. The zero-order valence-corrected chi connectivity index (χ0v) is 13.5. The van der Waals surface area contributed by atoms with Gasteiger partial charge in [0.15, 0.2) is 0 Å². The highest BCUT2D eigenvalue weighted by molar-refractivity contribution is 6.05. The van der Waals surface area contributed by atoms with E-state index in [1.807, 2.05) is 20.8 Å². The van der Waals surface area contributed by atoms with Gasteiger partial charge in [-0.15, -0.1) is 0 Å². The van der Waals surface area contributed by atoms with Crippen molar-refractivity contribution in [3.05, 3.63) is 0 Å². The molecule has 3 aliphatic heterocycles. The molecule has 0 spiro atoms. The van der Waals surface area contributed by atoms with Crippen molar-refractivity contribution in [2.45, 2.75) is 57.3 Å². The third-order valence-corrected chi connectivity index (χ3v) is 4.85. The Bertz CT molecular complexity index is 503. The summed E-state index contributed by atoms with van der Waals surface area (Å²) in [5.74, 6) is -0.182. The molecular formula is C15H23N3O4. The smallest absolute Gasteiger partial charge is 0.327 e. The van der Waals surface area contributed by atoms with Crippen LogP contribution in [0.2, 0.25) is 0 Å². The van der Waals surface area contributed by atoms with E-state index in [2.05, 4.69) is 0 Å².